The van der Waals surface area contributed by atoms with Crippen LogP contribution in [0, 0.1) is 5.92 Å². The third-order valence-corrected chi connectivity index (χ3v) is 9.20. The van der Waals surface area contributed by atoms with E-state index in [0.29, 0.717) is 42.2 Å². The van der Waals surface area contributed by atoms with Crippen molar-refractivity contribution in [1.29, 1.82) is 0 Å². The van der Waals surface area contributed by atoms with Gasteiger partial charge in [0.2, 0.25) is 5.95 Å². The standard InChI is InChI=1S/C35H43N7O2/c1-23(43)26-9-10-27(19-26)24-5-7-25(8-6-24)32-20-28-21-36-35(39-33(28)42(34(32)44)18-17-40(2)3)38-30-13-11-29(12-14-30)37-31-15-16-41(4)22-31/h5-8,11-14,20-21,26-27,31,37H,9-10,15-19,22H2,1-4H3,(H,36,38,39). The molecule has 1 saturated heterocycles. The minimum atomic E-state index is -0.0674. The Kier molecular flexibility index (Phi) is 8.77. The van der Waals surface area contributed by atoms with Gasteiger partial charge in [0.25, 0.3) is 5.56 Å². The Hall–Kier alpha value is -4.08. The van der Waals surface area contributed by atoms with Gasteiger partial charge >= 0.3 is 0 Å². The van der Waals surface area contributed by atoms with E-state index in [1.54, 1.807) is 17.7 Å². The maximum absolute atomic E-state index is 13.9. The molecule has 1 aliphatic heterocycles. The lowest BCUT2D eigenvalue weighted by molar-refractivity contribution is -0.120. The van der Waals surface area contributed by atoms with Crippen LogP contribution in [0.5, 0.6) is 0 Å². The molecule has 9 nitrogen and oxygen atoms in total. The van der Waals surface area contributed by atoms with Crippen LogP contribution in [0.15, 0.2) is 65.6 Å². The Bertz CT molecular complexity index is 1680. The number of aromatic nitrogens is 3. The van der Waals surface area contributed by atoms with Crippen LogP contribution in [0.25, 0.3) is 22.2 Å². The molecule has 3 unspecified atom stereocenters. The molecule has 1 saturated carbocycles. The highest BCUT2D eigenvalue weighted by atomic mass is 16.1. The summed E-state index contributed by atoms with van der Waals surface area (Å²) in [5.41, 5.74) is 5.27. The van der Waals surface area contributed by atoms with E-state index in [2.05, 4.69) is 56.7 Å². The molecule has 9 heteroatoms. The second kappa shape index (κ2) is 12.9. The third-order valence-electron chi connectivity index (χ3n) is 9.20. The van der Waals surface area contributed by atoms with Crippen molar-refractivity contribution in [2.45, 2.75) is 51.1 Å². The van der Waals surface area contributed by atoms with Gasteiger partial charge in [0.15, 0.2) is 0 Å². The largest absolute Gasteiger partial charge is 0.381 e. The van der Waals surface area contributed by atoms with Gasteiger partial charge in [0.1, 0.15) is 11.4 Å². The number of benzene rings is 2. The van der Waals surface area contributed by atoms with Gasteiger partial charge in [0.05, 0.1) is 0 Å². The first-order valence-corrected chi connectivity index (χ1v) is 15.7. The molecule has 0 radical (unpaired) electrons. The molecule has 6 rings (SSSR count). The number of fused-ring (bicyclic) bond motifs is 1. The lowest BCUT2D eigenvalue weighted by Gasteiger charge is -2.17. The number of carbonyl (C=O) groups excluding carboxylic acids is 1. The average molecular weight is 594 g/mol. The minimum Gasteiger partial charge on any atom is -0.381 e. The van der Waals surface area contributed by atoms with E-state index < -0.39 is 0 Å². The molecule has 2 N–H and O–H groups in total. The van der Waals surface area contributed by atoms with Gasteiger partial charge < -0.3 is 20.4 Å². The van der Waals surface area contributed by atoms with Gasteiger partial charge in [-0.15, -0.1) is 0 Å². The average Bonchev–Trinajstić information content (AvgIpc) is 3.67. The van der Waals surface area contributed by atoms with Crippen LogP contribution < -0.4 is 16.2 Å². The van der Waals surface area contributed by atoms with Gasteiger partial charge in [-0.1, -0.05) is 24.3 Å². The summed E-state index contributed by atoms with van der Waals surface area (Å²) < 4.78 is 1.77. The molecule has 0 spiro atoms. The molecule has 2 aliphatic rings. The molecule has 4 aromatic rings. The second-order valence-electron chi connectivity index (χ2n) is 12.8. The van der Waals surface area contributed by atoms with Crippen molar-refractivity contribution in [3.8, 4) is 11.1 Å². The molecule has 3 heterocycles. The first-order chi connectivity index (χ1) is 21.2. The minimum absolute atomic E-state index is 0.0674. The summed E-state index contributed by atoms with van der Waals surface area (Å²) in [5, 5.41) is 7.74. The van der Waals surface area contributed by atoms with E-state index >= 15 is 0 Å². The third kappa shape index (κ3) is 6.69. The number of hydrogen-bond donors (Lipinski definition) is 2. The van der Waals surface area contributed by atoms with Crippen LogP contribution in [0.2, 0.25) is 0 Å². The molecule has 0 bridgehead atoms. The fraction of sp³-hybridized carbons (Fsp3) is 0.429. The zero-order chi connectivity index (χ0) is 30.8. The van der Waals surface area contributed by atoms with E-state index in [4.69, 9.17) is 4.98 Å². The molecule has 2 aromatic heterocycles. The summed E-state index contributed by atoms with van der Waals surface area (Å²) >= 11 is 0. The van der Waals surface area contributed by atoms with Crippen LogP contribution in [0.1, 0.15) is 44.1 Å². The molecule has 2 aromatic carbocycles. The molecular weight excluding hydrogens is 550 g/mol. The van der Waals surface area contributed by atoms with E-state index in [1.165, 1.54) is 5.56 Å². The fourth-order valence-corrected chi connectivity index (χ4v) is 6.59. The maximum atomic E-state index is 13.9. The van der Waals surface area contributed by atoms with Crippen molar-refractivity contribution in [2.24, 2.45) is 5.92 Å². The van der Waals surface area contributed by atoms with Gasteiger partial charge in [-0.25, -0.2) is 4.98 Å². The first kappa shape index (κ1) is 30.0. The number of pyridine rings is 1. The summed E-state index contributed by atoms with van der Waals surface area (Å²) in [4.78, 5) is 39.6. The second-order valence-corrected chi connectivity index (χ2v) is 12.8. The van der Waals surface area contributed by atoms with Crippen molar-refractivity contribution < 1.29 is 4.79 Å². The van der Waals surface area contributed by atoms with Crippen LogP contribution in [-0.4, -0.2) is 76.9 Å². The molecule has 230 valence electrons. The van der Waals surface area contributed by atoms with Crippen molar-refractivity contribution >= 4 is 34.1 Å². The van der Waals surface area contributed by atoms with E-state index in [0.717, 1.165) is 61.1 Å². The Morgan fingerprint density at radius 3 is 2.43 bits per heavy atom. The number of Topliss-reactive ketones (excluding diaryl/α,β-unsaturated/α-hetero) is 1. The molecular formula is C35H43N7O2. The van der Waals surface area contributed by atoms with Crippen molar-refractivity contribution in [3.05, 3.63) is 76.7 Å². The highest BCUT2D eigenvalue weighted by Crippen LogP contribution is 2.39. The molecule has 1 aliphatic carbocycles. The number of ketones is 1. The predicted molar refractivity (Wildman–Crippen MR) is 178 cm³/mol. The smallest absolute Gasteiger partial charge is 0.260 e. The molecule has 44 heavy (non-hydrogen) atoms. The van der Waals surface area contributed by atoms with E-state index in [9.17, 15) is 9.59 Å². The van der Waals surface area contributed by atoms with Crippen LogP contribution in [-0.2, 0) is 11.3 Å². The Morgan fingerprint density at radius 1 is 1.02 bits per heavy atom. The number of rotatable bonds is 10. The summed E-state index contributed by atoms with van der Waals surface area (Å²) in [6, 6.07) is 18.9. The first-order valence-electron chi connectivity index (χ1n) is 15.7. The summed E-state index contributed by atoms with van der Waals surface area (Å²) in [6.07, 6.45) is 5.84. The summed E-state index contributed by atoms with van der Waals surface area (Å²) in [7, 11) is 6.15. The number of likely N-dealkylation sites (N-methyl/N-ethyl adjacent to an activating group) is 2. The number of nitrogens with zero attached hydrogens (tertiary/aromatic N) is 5. The number of hydrogen-bond acceptors (Lipinski definition) is 8. The summed E-state index contributed by atoms with van der Waals surface area (Å²) in [6.45, 7) is 5.08. The zero-order valence-electron chi connectivity index (χ0n) is 26.2. The highest BCUT2D eigenvalue weighted by molar-refractivity contribution is 5.82. The normalized spacial score (nSPS) is 20.4. The number of nitrogens with one attached hydrogen (secondary N) is 2. The molecule has 0 amide bonds. The van der Waals surface area contributed by atoms with Crippen LogP contribution >= 0.6 is 0 Å². The SMILES string of the molecule is CC(=O)C1CCC(c2ccc(-c3cc4cnc(Nc5ccc(NC6CCN(C)C6)cc5)nc4n(CCN(C)C)c3=O)cc2)C1. The number of likely N-dealkylation sites (tertiary alicyclic amines) is 1. The molecule has 2 fully saturated rings. The highest BCUT2D eigenvalue weighted by Gasteiger charge is 2.28. The number of anilines is 3. The Morgan fingerprint density at radius 2 is 1.77 bits per heavy atom. The van der Waals surface area contributed by atoms with E-state index in [-0.39, 0.29) is 17.3 Å². The van der Waals surface area contributed by atoms with Crippen molar-refractivity contribution in [3.63, 3.8) is 0 Å². The fourth-order valence-electron chi connectivity index (χ4n) is 6.59. The Labute approximate surface area is 259 Å². The zero-order valence-corrected chi connectivity index (χ0v) is 26.2. The lowest BCUT2D eigenvalue weighted by atomic mass is 9.93. The van der Waals surface area contributed by atoms with Gasteiger partial charge in [-0.05, 0) is 108 Å². The number of carbonyl (C=O) groups is 1. The van der Waals surface area contributed by atoms with Crippen LogP contribution in [0.3, 0.4) is 0 Å². The monoisotopic (exact) mass is 593 g/mol. The van der Waals surface area contributed by atoms with Gasteiger partial charge in [-0.3, -0.25) is 14.2 Å². The quantitative estimate of drug-likeness (QED) is 0.254. The van der Waals surface area contributed by atoms with Gasteiger partial charge in [0, 0.05) is 60.1 Å². The summed E-state index contributed by atoms with van der Waals surface area (Å²) in [5.74, 6) is 1.31. The predicted octanol–water partition coefficient (Wildman–Crippen LogP) is 5.35. The Balaban J connectivity index is 1.25. The van der Waals surface area contributed by atoms with Crippen LogP contribution in [0.4, 0.5) is 17.3 Å². The van der Waals surface area contributed by atoms with Gasteiger partial charge in [-0.2, -0.15) is 4.98 Å². The topological polar surface area (TPSA) is 95.4 Å². The molecule has 3 atom stereocenters. The lowest BCUT2D eigenvalue weighted by Crippen LogP contribution is -2.28. The van der Waals surface area contributed by atoms with Crippen molar-refractivity contribution in [1.82, 2.24) is 24.3 Å². The van der Waals surface area contributed by atoms with E-state index in [1.807, 2.05) is 44.4 Å². The maximum Gasteiger partial charge on any atom is 0.260 e. The van der Waals surface area contributed by atoms with Crippen molar-refractivity contribution in [2.75, 3.05) is 51.4 Å².